The van der Waals surface area contributed by atoms with Gasteiger partial charge >= 0.3 is 5.97 Å². The van der Waals surface area contributed by atoms with Crippen molar-refractivity contribution < 1.29 is 22.7 Å². The molecule has 120 valence electrons. The molecule has 0 aliphatic heterocycles. The van der Waals surface area contributed by atoms with Crippen LogP contribution in [0.25, 0.3) is 0 Å². The fraction of sp³-hybridized carbons (Fsp3) is 0.615. The number of nitrogens with zero attached hydrogens (tertiary/aromatic N) is 1. The molecule has 1 heterocycles. The van der Waals surface area contributed by atoms with Crippen molar-refractivity contribution >= 4 is 31.9 Å². The van der Waals surface area contributed by atoms with Crippen LogP contribution in [0.5, 0.6) is 0 Å². The highest BCUT2D eigenvalue weighted by Gasteiger charge is 2.30. The van der Waals surface area contributed by atoms with Crippen LogP contribution in [-0.4, -0.2) is 36.9 Å². The number of aromatic carboxylic acids is 1. The van der Waals surface area contributed by atoms with Crippen molar-refractivity contribution in [2.75, 3.05) is 13.1 Å². The zero-order valence-electron chi connectivity index (χ0n) is 12.1. The monoisotopic (exact) mass is 381 g/mol. The zero-order chi connectivity index (χ0) is 16.0. The molecule has 0 spiro atoms. The molecule has 1 N–H and O–H groups in total. The van der Waals surface area contributed by atoms with Crippen molar-refractivity contribution in [1.82, 2.24) is 4.31 Å². The number of carboxylic acid groups (broad SMARTS) is 1. The fourth-order valence-corrected chi connectivity index (χ4v) is 4.21. The maximum atomic E-state index is 12.6. The van der Waals surface area contributed by atoms with E-state index in [0.29, 0.717) is 13.1 Å². The summed E-state index contributed by atoms with van der Waals surface area (Å²) in [6.45, 7) is 4.81. The van der Waals surface area contributed by atoms with Gasteiger partial charge < -0.3 is 9.52 Å². The van der Waals surface area contributed by atoms with Crippen LogP contribution in [0.3, 0.4) is 0 Å². The highest BCUT2D eigenvalue weighted by Crippen LogP contribution is 2.29. The van der Waals surface area contributed by atoms with Gasteiger partial charge in [0.05, 0.1) is 0 Å². The molecular weight excluding hydrogens is 362 g/mol. The molecule has 6 nitrogen and oxygen atoms in total. The molecule has 0 aliphatic carbocycles. The Balaban J connectivity index is 3.11. The quantitative estimate of drug-likeness (QED) is 0.708. The zero-order valence-corrected chi connectivity index (χ0v) is 14.5. The number of hydrogen-bond acceptors (Lipinski definition) is 4. The molecule has 0 aliphatic rings. The molecule has 0 fully saturated rings. The SMILES string of the molecule is CCCCN(CCCC)S(=O)(=O)c1cc(C(=O)O)oc1Br. The van der Waals surface area contributed by atoms with Gasteiger partial charge in [0.25, 0.3) is 0 Å². The van der Waals surface area contributed by atoms with E-state index in [1.54, 1.807) is 0 Å². The Bertz CT molecular complexity index is 573. The summed E-state index contributed by atoms with van der Waals surface area (Å²) in [6.07, 6.45) is 3.27. The second kappa shape index (κ2) is 7.95. The van der Waals surface area contributed by atoms with Gasteiger partial charge in [0.15, 0.2) is 4.67 Å². The summed E-state index contributed by atoms with van der Waals surface area (Å²) in [5, 5.41) is 8.89. The number of carboxylic acids is 1. The number of sulfonamides is 1. The van der Waals surface area contributed by atoms with Gasteiger partial charge in [-0.3, -0.25) is 0 Å². The van der Waals surface area contributed by atoms with Crippen molar-refractivity contribution in [2.45, 2.75) is 44.4 Å². The van der Waals surface area contributed by atoms with Crippen molar-refractivity contribution in [1.29, 1.82) is 0 Å². The molecule has 21 heavy (non-hydrogen) atoms. The van der Waals surface area contributed by atoms with E-state index in [-0.39, 0.29) is 9.56 Å². The van der Waals surface area contributed by atoms with E-state index in [4.69, 9.17) is 9.52 Å². The van der Waals surface area contributed by atoms with Gasteiger partial charge in [-0.1, -0.05) is 26.7 Å². The van der Waals surface area contributed by atoms with Crippen LogP contribution in [0, 0.1) is 0 Å². The van der Waals surface area contributed by atoms with Crippen molar-refractivity contribution in [2.24, 2.45) is 0 Å². The van der Waals surface area contributed by atoms with Gasteiger partial charge in [0, 0.05) is 19.2 Å². The molecule has 1 aromatic rings. The number of unbranched alkanes of at least 4 members (excludes halogenated alkanes) is 2. The minimum Gasteiger partial charge on any atom is -0.475 e. The third-order valence-electron chi connectivity index (χ3n) is 3.01. The molecule has 0 atom stereocenters. The lowest BCUT2D eigenvalue weighted by Gasteiger charge is -2.21. The Morgan fingerprint density at radius 1 is 1.29 bits per heavy atom. The Morgan fingerprint density at radius 2 is 1.81 bits per heavy atom. The van der Waals surface area contributed by atoms with Gasteiger partial charge in [-0.25, -0.2) is 13.2 Å². The largest absolute Gasteiger partial charge is 0.475 e. The smallest absolute Gasteiger partial charge is 0.371 e. The maximum Gasteiger partial charge on any atom is 0.371 e. The number of hydrogen-bond donors (Lipinski definition) is 1. The fourth-order valence-electron chi connectivity index (χ4n) is 1.79. The molecule has 1 aromatic heterocycles. The molecular formula is C13H20BrNO5S. The van der Waals surface area contributed by atoms with E-state index in [2.05, 4.69) is 15.9 Å². The van der Waals surface area contributed by atoms with Crippen LogP contribution in [0.1, 0.15) is 50.1 Å². The Morgan fingerprint density at radius 3 is 2.19 bits per heavy atom. The Kier molecular flexibility index (Phi) is 6.89. The molecule has 0 saturated carbocycles. The van der Waals surface area contributed by atoms with Crippen LogP contribution in [-0.2, 0) is 10.0 Å². The second-order valence-corrected chi connectivity index (χ2v) is 7.29. The van der Waals surface area contributed by atoms with Crippen LogP contribution in [0.4, 0.5) is 0 Å². The normalized spacial score (nSPS) is 12.0. The highest BCUT2D eigenvalue weighted by atomic mass is 79.9. The summed E-state index contributed by atoms with van der Waals surface area (Å²) in [5.41, 5.74) is 0. The molecule has 0 bridgehead atoms. The van der Waals surface area contributed by atoms with Gasteiger partial charge in [0.2, 0.25) is 15.8 Å². The van der Waals surface area contributed by atoms with E-state index >= 15 is 0 Å². The van der Waals surface area contributed by atoms with Gasteiger partial charge in [-0.05, 0) is 28.8 Å². The first kappa shape index (κ1) is 18.2. The Labute approximate surface area is 133 Å². The summed E-state index contributed by atoms with van der Waals surface area (Å²) in [7, 11) is -3.76. The average Bonchev–Trinajstić information content (AvgIpc) is 2.81. The predicted octanol–water partition coefficient (Wildman–Crippen LogP) is 3.33. The summed E-state index contributed by atoms with van der Waals surface area (Å²) in [4.78, 5) is 10.8. The number of rotatable bonds is 9. The average molecular weight is 382 g/mol. The van der Waals surface area contributed by atoms with E-state index in [0.717, 1.165) is 31.7 Å². The molecule has 0 aromatic carbocycles. The van der Waals surface area contributed by atoms with Crippen molar-refractivity contribution in [3.8, 4) is 0 Å². The molecule has 0 amide bonds. The van der Waals surface area contributed by atoms with E-state index in [1.165, 1.54) is 4.31 Å². The van der Waals surface area contributed by atoms with E-state index in [9.17, 15) is 13.2 Å². The minimum absolute atomic E-state index is 0.0714. The summed E-state index contributed by atoms with van der Waals surface area (Å²) in [5.74, 6) is -1.70. The number of furan rings is 1. The number of carbonyl (C=O) groups is 1. The first-order valence-corrected chi connectivity index (χ1v) is 9.10. The lowest BCUT2D eigenvalue weighted by atomic mass is 10.3. The maximum absolute atomic E-state index is 12.6. The third-order valence-corrected chi connectivity index (χ3v) is 5.76. The van der Waals surface area contributed by atoms with Crippen LogP contribution in [0.15, 0.2) is 20.0 Å². The van der Waals surface area contributed by atoms with Crippen LogP contribution in [0.2, 0.25) is 0 Å². The number of halogens is 1. The van der Waals surface area contributed by atoms with Gasteiger partial charge in [0.1, 0.15) is 4.90 Å². The summed E-state index contributed by atoms with van der Waals surface area (Å²) >= 11 is 2.99. The molecule has 8 heteroatoms. The topological polar surface area (TPSA) is 87.8 Å². The highest BCUT2D eigenvalue weighted by molar-refractivity contribution is 9.10. The van der Waals surface area contributed by atoms with Crippen LogP contribution >= 0.6 is 15.9 Å². The molecule has 0 radical (unpaired) electrons. The molecule has 0 saturated heterocycles. The van der Waals surface area contributed by atoms with Gasteiger partial charge in [-0.2, -0.15) is 4.31 Å². The molecule has 0 unspecified atom stereocenters. The van der Waals surface area contributed by atoms with Gasteiger partial charge in [-0.15, -0.1) is 0 Å². The van der Waals surface area contributed by atoms with E-state index in [1.807, 2.05) is 13.8 Å². The second-order valence-electron chi connectivity index (χ2n) is 4.66. The predicted molar refractivity (Wildman–Crippen MR) is 81.9 cm³/mol. The lowest BCUT2D eigenvalue weighted by molar-refractivity contribution is 0.0661. The Hall–Kier alpha value is -0.860. The summed E-state index contributed by atoms with van der Waals surface area (Å²) in [6, 6.07) is 1.05. The van der Waals surface area contributed by atoms with Crippen LogP contribution < -0.4 is 0 Å². The van der Waals surface area contributed by atoms with Crippen molar-refractivity contribution in [3.05, 3.63) is 16.5 Å². The molecule has 1 rings (SSSR count). The first-order chi connectivity index (χ1) is 9.84. The summed E-state index contributed by atoms with van der Waals surface area (Å²) < 4.78 is 31.5. The lowest BCUT2D eigenvalue weighted by Crippen LogP contribution is -2.33. The first-order valence-electron chi connectivity index (χ1n) is 6.87. The minimum atomic E-state index is -3.76. The third kappa shape index (κ3) is 4.55. The van der Waals surface area contributed by atoms with Crippen molar-refractivity contribution in [3.63, 3.8) is 0 Å². The van der Waals surface area contributed by atoms with E-state index < -0.39 is 21.8 Å². The standard InChI is InChI=1S/C13H20BrNO5S/c1-3-5-7-15(8-6-4-2)21(18,19)11-9-10(13(16)17)20-12(11)14/h9H,3-8H2,1-2H3,(H,16,17).